The minimum Gasteiger partial charge on any atom is -0.373 e. The molecule has 0 saturated carbocycles. The maximum Gasteiger partial charge on any atom is 0.250 e. The first-order chi connectivity index (χ1) is 10.2. The number of anilines is 2. The highest BCUT2D eigenvalue weighted by molar-refractivity contribution is 5.97. The molecule has 0 radical (unpaired) electrons. The molecule has 0 aliphatic carbocycles. The maximum absolute atomic E-state index is 12.3. The number of rotatable bonds is 3. The predicted molar refractivity (Wildman–Crippen MR) is 82.6 cm³/mol. The molecule has 2 heterocycles. The number of carbonyl (C=O) groups is 1. The Morgan fingerprint density at radius 3 is 2.90 bits per heavy atom. The van der Waals surface area contributed by atoms with Gasteiger partial charge in [-0.2, -0.15) is 0 Å². The zero-order valence-corrected chi connectivity index (χ0v) is 11.8. The average molecular weight is 283 g/mol. The topological polar surface area (TPSA) is 63.1 Å². The second-order valence-corrected chi connectivity index (χ2v) is 5.09. The Kier molecular flexibility index (Phi) is 3.48. The summed E-state index contributed by atoms with van der Waals surface area (Å²) in [5, 5.41) is 6.07. The number of pyridine rings is 1. The van der Waals surface area contributed by atoms with Crippen LogP contribution in [0.1, 0.15) is 12.5 Å². The van der Waals surface area contributed by atoms with Gasteiger partial charge in [-0.15, -0.1) is 0 Å². The molecule has 3 rings (SSSR count). The maximum atomic E-state index is 12.3. The van der Waals surface area contributed by atoms with Gasteiger partial charge in [0.1, 0.15) is 6.04 Å². The number of nitrogens with zero attached hydrogens (tertiary/aromatic N) is 1. The monoisotopic (exact) mass is 283 g/mol. The Bertz CT molecular complexity index is 711. The summed E-state index contributed by atoms with van der Waals surface area (Å²) in [6.45, 7) is 2.47. The van der Waals surface area contributed by atoms with Crippen molar-refractivity contribution in [2.45, 2.75) is 25.9 Å². The Morgan fingerprint density at radius 2 is 2.14 bits per heavy atom. The van der Waals surface area contributed by atoms with E-state index >= 15 is 0 Å². The number of amides is 1. The first-order valence-electron chi connectivity index (χ1n) is 7.03. The number of benzene rings is 1. The van der Waals surface area contributed by atoms with E-state index in [4.69, 9.17) is 0 Å². The van der Waals surface area contributed by atoms with Crippen LogP contribution in [0.25, 0.3) is 0 Å². The van der Waals surface area contributed by atoms with Crippen molar-refractivity contribution in [1.82, 2.24) is 4.57 Å². The van der Waals surface area contributed by atoms with Crippen molar-refractivity contribution < 1.29 is 4.79 Å². The lowest BCUT2D eigenvalue weighted by Crippen LogP contribution is -2.33. The molecule has 1 atom stereocenters. The highest BCUT2D eigenvalue weighted by Gasteiger charge is 2.26. The zero-order valence-electron chi connectivity index (χ0n) is 11.8. The quantitative estimate of drug-likeness (QED) is 0.903. The van der Waals surface area contributed by atoms with Crippen molar-refractivity contribution in [2.24, 2.45) is 0 Å². The third kappa shape index (κ3) is 2.67. The van der Waals surface area contributed by atoms with Gasteiger partial charge in [0.2, 0.25) is 5.91 Å². The van der Waals surface area contributed by atoms with Crippen molar-refractivity contribution in [3.8, 4) is 0 Å². The summed E-state index contributed by atoms with van der Waals surface area (Å²) in [6.07, 6.45) is 2.34. The molecule has 2 aromatic rings. The van der Waals surface area contributed by atoms with E-state index in [2.05, 4.69) is 10.6 Å². The van der Waals surface area contributed by atoms with E-state index in [1.165, 1.54) is 6.07 Å². The molecular formula is C16H17N3O2. The van der Waals surface area contributed by atoms with Crippen molar-refractivity contribution >= 4 is 17.3 Å². The second-order valence-electron chi connectivity index (χ2n) is 5.09. The normalized spacial score (nSPS) is 16.1. The van der Waals surface area contributed by atoms with Crippen LogP contribution in [-0.4, -0.2) is 16.5 Å². The number of aromatic nitrogens is 1. The molecule has 2 N–H and O–H groups in total. The van der Waals surface area contributed by atoms with E-state index in [9.17, 15) is 9.59 Å². The van der Waals surface area contributed by atoms with Crippen LogP contribution in [-0.2, 0) is 17.8 Å². The minimum atomic E-state index is -0.274. The molecular weight excluding hydrogens is 266 g/mol. The molecule has 0 spiro atoms. The van der Waals surface area contributed by atoms with Crippen LogP contribution in [0.3, 0.4) is 0 Å². The molecule has 1 aromatic heterocycles. The van der Waals surface area contributed by atoms with Gasteiger partial charge in [0.25, 0.3) is 5.56 Å². The summed E-state index contributed by atoms with van der Waals surface area (Å²) >= 11 is 0. The molecule has 5 nitrogen and oxygen atoms in total. The van der Waals surface area contributed by atoms with E-state index in [0.29, 0.717) is 18.7 Å². The second kappa shape index (κ2) is 5.44. The van der Waals surface area contributed by atoms with Gasteiger partial charge in [0, 0.05) is 30.9 Å². The van der Waals surface area contributed by atoms with Gasteiger partial charge in [0.15, 0.2) is 0 Å². The molecule has 0 fully saturated rings. The van der Waals surface area contributed by atoms with Gasteiger partial charge >= 0.3 is 0 Å². The molecule has 1 aromatic carbocycles. The van der Waals surface area contributed by atoms with Crippen molar-refractivity contribution in [3.63, 3.8) is 0 Å². The van der Waals surface area contributed by atoms with Gasteiger partial charge < -0.3 is 15.2 Å². The molecule has 1 aliphatic heterocycles. The van der Waals surface area contributed by atoms with E-state index in [1.807, 2.05) is 31.2 Å². The highest BCUT2D eigenvalue weighted by atomic mass is 16.2. The molecule has 108 valence electrons. The third-order valence-electron chi connectivity index (χ3n) is 3.68. The van der Waals surface area contributed by atoms with Gasteiger partial charge in [-0.25, -0.2) is 0 Å². The largest absolute Gasteiger partial charge is 0.373 e. The van der Waals surface area contributed by atoms with Crippen LogP contribution in [0.5, 0.6) is 0 Å². The van der Waals surface area contributed by atoms with Gasteiger partial charge in [-0.3, -0.25) is 9.59 Å². The first kappa shape index (κ1) is 13.4. The van der Waals surface area contributed by atoms with Gasteiger partial charge in [0.05, 0.1) is 5.69 Å². The predicted octanol–water partition coefficient (Wildman–Crippen LogP) is 1.84. The van der Waals surface area contributed by atoms with Crippen molar-refractivity contribution in [3.05, 3.63) is 58.5 Å². The lowest BCUT2D eigenvalue weighted by Gasteiger charge is -2.13. The Labute approximate surface area is 122 Å². The first-order valence-corrected chi connectivity index (χ1v) is 7.03. The number of hydrogen-bond acceptors (Lipinski definition) is 3. The lowest BCUT2D eigenvalue weighted by molar-refractivity contribution is -0.116. The van der Waals surface area contributed by atoms with Crippen LogP contribution in [0.15, 0.2) is 47.4 Å². The fourth-order valence-corrected chi connectivity index (χ4v) is 2.54. The third-order valence-corrected chi connectivity index (χ3v) is 3.68. The summed E-state index contributed by atoms with van der Waals surface area (Å²) in [7, 11) is 0. The molecule has 21 heavy (non-hydrogen) atoms. The van der Waals surface area contributed by atoms with E-state index in [-0.39, 0.29) is 17.5 Å². The van der Waals surface area contributed by atoms with Crippen LogP contribution in [0, 0.1) is 0 Å². The van der Waals surface area contributed by atoms with Crippen LogP contribution >= 0.6 is 0 Å². The van der Waals surface area contributed by atoms with Crippen molar-refractivity contribution in [2.75, 3.05) is 10.6 Å². The summed E-state index contributed by atoms with van der Waals surface area (Å²) in [4.78, 5) is 23.8. The number of aryl methyl sites for hydroxylation is 1. The van der Waals surface area contributed by atoms with E-state index in [0.717, 1.165) is 11.3 Å². The molecule has 0 unspecified atom stereocenters. The fraction of sp³-hybridized carbons (Fsp3) is 0.250. The molecule has 1 aliphatic rings. The van der Waals surface area contributed by atoms with Crippen LogP contribution in [0.4, 0.5) is 11.4 Å². The Hall–Kier alpha value is -2.56. The molecule has 0 bridgehead atoms. The number of nitrogens with one attached hydrogen (secondary N) is 2. The summed E-state index contributed by atoms with van der Waals surface area (Å²) in [5.41, 5.74) is 2.73. The Balaban J connectivity index is 1.72. The average Bonchev–Trinajstić information content (AvgIpc) is 2.93. The molecule has 5 heteroatoms. The van der Waals surface area contributed by atoms with E-state index in [1.54, 1.807) is 16.8 Å². The number of fused-ring (bicyclic) bond motifs is 1. The number of hydrogen-bond donors (Lipinski definition) is 2. The molecule has 1 amide bonds. The van der Waals surface area contributed by atoms with Gasteiger partial charge in [-0.1, -0.05) is 18.2 Å². The van der Waals surface area contributed by atoms with Crippen molar-refractivity contribution in [1.29, 1.82) is 0 Å². The minimum absolute atomic E-state index is 0.0677. The zero-order chi connectivity index (χ0) is 14.8. The summed E-state index contributed by atoms with van der Waals surface area (Å²) in [6, 6.07) is 10.7. The van der Waals surface area contributed by atoms with Crippen LogP contribution < -0.4 is 16.2 Å². The standard InChI is InChI=1S/C16H17N3O2/c1-2-19-10-12(7-8-15(19)20)17-16(21)14-9-11-5-3-4-6-13(11)18-14/h3-8,10,14,18H,2,9H2,1H3,(H,17,21)/t14-/m0/s1. The van der Waals surface area contributed by atoms with Gasteiger partial charge in [-0.05, 0) is 24.6 Å². The summed E-state index contributed by atoms with van der Waals surface area (Å²) < 4.78 is 1.56. The molecule has 0 saturated heterocycles. The number of para-hydroxylation sites is 1. The van der Waals surface area contributed by atoms with E-state index < -0.39 is 0 Å². The smallest absolute Gasteiger partial charge is 0.250 e. The SMILES string of the molecule is CCn1cc(NC(=O)[C@@H]2Cc3ccccc3N2)ccc1=O. The fourth-order valence-electron chi connectivity index (χ4n) is 2.54. The van der Waals surface area contributed by atoms with Crippen LogP contribution in [0.2, 0.25) is 0 Å². The number of carbonyl (C=O) groups excluding carboxylic acids is 1. The summed E-state index contributed by atoms with van der Waals surface area (Å²) in [5.74, 6) is -0.0903. The lowest BCUT2D eigenvalue weighted by atomic mass is 10.1. The Morgan fingerprint density at radius 1 is 1.33 bits per heavy atom. The highest BCUT2D eigenvalue weighted by Crippen LogP contribution is 2.25.